The Balaban J connectivity index is 1.20. The van der Waals surface area contributed by atoms with Gasteiger partial charge in [0.2, 0.25) is 5.91 Å². The fourth-order valence-corrected chi connectivity index (χ4v) is 7.94. The van der Waals surface area contributed by atoms with Crippen LogP contribution in [-0.4, -0.2) is 62.8 Å². The lowest BCUT2D eigenvalue weighted by Crippen LogP contribution is -2.42. The number of piperidine rings is 1. The highest BCUT2D eigenvalue weighted by Gasteiger charge is 2.32. The summed E-state index contributed by atoms with van der Waals surface area (Å²) >= 11 is 6.74. The van der Waals surface area contributed by atoms with Crippen molar-refractivity contribution >= 4 is 61.7 Å². The van der Waals surface area contributed by atoms with Gasteiger partial charge in [0.1, 0.15) is 9.96 Å². The number of ketones is 1. The second-order valence-corrected chi connectivity index (χ2v) is 14.0. The zero-order chi connectivity index (χ0) is 28.3. The number of fused-ring (bicyclic) bond motifs is 1. The van der Waals surface area contributed by atoms with Crippen molar-refractivity contribution in [2.45, 2.75) is 36.3 Å². The summed E-state index contributed by atoms with van der Waals surface area (Å²) in [5, 5.41) is 3.41. The molecular weight excluding hydrogens is 570 g/mol. The Morgan fingerprint density at radius 1 is 0.975 bits per heavy atom. The maximum atomic E-state index is 13.3. The molecule has 2 aliphatic rings. The maximum Gasteiger partial charge on any atom is 0.265 e. The van der Waals surface area contributed by atoms with Crippen molar-refractivity contribution in [1.29, 1.82) is 0 Å². The van der Waals surface area contributed by atoms with E-state index in [1.54, 1.807) is 30.3 Å². The lowest BCUT2D eigenvalue weighted by molar-refractivity contribution is -0.118. The van der Waals surface area contributed by atoms with Crippen LogP contribution in [0.25, 0.3) is 0 Å². The van der Waals surface area contributed by atoms with Crippen LogP contribution in [0, 0.1) is 0 Å². The summed E-state index contributed by atoms with van der Waals surface area (Å²) in [6, 6.07) is 14.9. The topological polar surface area (TPSA) is 104 Å². The Labute approximate surface area is 242 Å². The van der Waals surface area contributed by atoms with Crippen LogP contribution in [-0.2, 0) is 32.3 Å². The number of imide groups is 1. The first kappa shape index (κ1) is 28.5. The number of rotatable bonds is 10. The first-order valence-corrected chi connectivity index (χ1v) is 16.1. The number of thiophene rings is 1. The number of hydrogen-bond donors (Lipinski definition) is 1. The van der Waals surface area contributed by atoms with Gasteiger partial charge in [-0.25, -0.2) is 13.3 Å². The maximum absolute atomic E-state index is 13.3. The van der Waals surface area contributed by atoms with E-state index in [0.717, 1.165) is 48.1 Å². The van der Waals surface area contributed by atoms with E-state index in [1.807, 2.05) is 12.1 Å². The zero-order valence-corrected chi connectivity index (χ0v) is 24.3. The van der Waals surface area contributed by atoms with Crippen LogP contribution in [0.2, 0.25) is 4.34 Å². The van der Waals surface area contributed by atoms with E-state index < -0.39 is 27.3 Å². The fourth-order valence-electron chi connectivity index (χ4n) is 5.13. The molecule has 0 aliphatic carbocycles. The summed E-state index contributed by atoms with van der Waals surface area (Å²) in [7, 11) is -3.76. The van der Waals surface area contributed by atoms with Crippen LogP contribution in [0.4, 0.5) is 11.4 Å². The third-order valence-electron chi connectivity index (χ3n) is 7.14. The summed E-state index contributed by atoms with van der Waals surface area (Å²) in [5.41, 5.74) is 3.07. The number of amides is 2. The molecule has 8 nitrogen and oxygen atoms in total. The predicted octanol–water partition coefficient (Wildman–Crippen LogP) is 4.61. The minimum atomic E-state index is -3.76. The van der Waals surface area contributed by atoms with Gasteiger partial charge in [0, 0.05) is 30.8 Å². The van der Waals surface area contributed by atoms with E-state index in [9.17, 15) is 22.8 Å². The highest BCUT2D eigenvalue weighted by molar-refractivity contribution is 7.94. The average Bonchev–Trinajstić information content (AvgIpc) is 3.37. The third kappa shape index (κ3) is 6.63. The van der Waals surface area contributed by atoms with E-state index in [2.05, 4.69) is 10.2 Å². The molecule has 1 aromatic heterocycles. The Morgan fingerprint density at radius 3 is 2.42 bits per heavy atom. The number of nitrogens with one attached hydrogen (secondary N) is 1. The number of halogens is 1. The Bertz CT molecular complexity index is 1530. The number of benzene rings is 2. The van der Waals surface area contributed by atoms with Gasteiger partial charge in [0.05, 0.1) is 16.4 Å². The van der Waals surface area contributed by atoms with Gasteiger partial charge in [-0.1, -0.05) is 30.2 Å². The molecule has 0 bridgehead atoms. The summed E-state index contributed by atoms with van der Waals surface area (Å²) in [5.74, 6) is -1.81. The molecule has 5 rings (SSSR count). The molecule has 3 heterocycles. The van der Waals surface area contributed by atoms with Gasteiger partial charge >= 0.3 is 0 Å². The van der Waals surface area contributed by atoms with Gasteiger partial charge in [0.25, 0.3) is 5.91 Å². The smallest absolute Gasteiger partial charge is 0.265 e. The van der Waals surface area contributed by atoms with Crippen molar-refractivity contribution in [1.82, 2.24) is 4.90 Å². The number of hydrogen-bond acceptors (Lipinski definition) is 8. The summed E-state index contributed by atoms with van der Waals surface area (Å²) in [6.07, 6.45) is 3.81. The molecule has 2 aromatic carbocycles. The average molecular weight is 600 g/mol. The molecule has 0 spiro atoms. The highest BCUT2D eigenvalue weighted by Crippen LogP contribution is 2.29. The van der Waals surface area contributed by atoms with Gasteiger partial charge < -0.3 is 10.2 Å². The fraction of sp³-hybridized carbons (Fsp3) is 0.345. The molecule has 1 fully saturated rings. The van der Waals surface area contributed by atoms with E-state index in [4.69, 9.17) is 11.6 Å². The number of carbonyl (C=O) groups is 3. The number of carbonyl (C=O) groups excluding carboxylic acids is 3. The van der Waals surface area contributed by atoms with Crippen molar-refractivity contribution in [3.63, 3.8) is 0 Å². The normalized spacial score (nSPS) is 16.2. The van der Waals surface area contributed by atoms with Crippen molar-refractivity contribution < 1.29 is 22.8 Å². The second-order valence-electron chi connectivity index (χ2n) is 10.1. The molecule has 0 saturated carbocycles. The quantitative estimate of drug-likeness (QED) is 0.339. The van der Waals surface area contributed by atoms with Crippen LogP contribution in [0.1, 0.15) is 40.7 Å². The van der Waals surface area contributed by atoms with Gasteiger partial charge in [-0.2, -0.15) is 0 Å². The van der Waals surface area contributed by atoms with Crippen LogP contribution < -0.4 is 10.2 Å². The molecule has 40 heavy (non-hydrogen) atoms. The van der Waals surface area contributed by atoms with E-state index in [-0.39, 0.29) is 23.0 Å². The second kappa shape index (κ2) is 12.2. The molecular formula is C29H30ClN3O5S2. The van der Waals surface area contributed by atoms with Crippen molar-refractivity contribution in [2.24, 2.45) is 0 Å². The van der Waals surface area contributed by atoms with E-state index >= 15 is 0 Å². The molecule has 1 saturated heterocycles. The number of likely N-dealkylation sites (tertiary alicyclic amines) is 1. The summed E-state index contributed by atoms with van der Waals surface area (Å²) in [6.45, 7) is 4.03. The SMILES string of the molecule is O=C(Cc1ccc(N2C(=O)Cc3cc(NCCN4CCCCC4)ccc3C2=O)cc1)CS(=O)(=O)c1ccc(Cl)s1. The number of sulfone groups is 1. The minimum Gasteiger partial charge on any atom is -0.384 e. The Hall–Kier alpha value is -3.05. The van der Waals surface area contributed by atoms with E-state index in [0.29, 0.717) is 26.7 Å². The first-order valence-electron chi connectivity index (χ1n) is 13.2. The molecule has 11 heteroatoms. The molecule has 2 aliphatic heterocycles. The van der Waals surface area contributed by atoms with Gasteiger partial charge in [0.15, 0.2) is 15.6 Å². The monoisotopic (exact) mass is 599 g/mol. The molecule has 0 unspecified atom stereocenters. The first-order chi connectivity index (χ1) is 19.2. The largest absolute Gasteiger partial charge is 0.384 e. The Morgan fingerprint density at radius 2 is 1.73 bits per heavy atom. The lowest BCUT2D eigenvalue weighted by atomic mass is 9.97. The van der Waals surface area contributed by atoms with Crippen LogP contribution in [0.15, 0.2) is 58.8 Å². The third-order valence-corrected chi connectivity index (χ3v) is 10.6. The summed E-state index contributed by atoms with van der Waals surface area (Å²) < 4.78 is 25.3. The minimum absolute atomic E-state index is 0.0592. The van der Waals surface area contributed by atoms with Gasteiger partial charge in [-0.3, -0.25) is 14.4 Å². The van der Waals surface area contributed by atoms with Crippen LogP contribution in [0.3, 0.4) is 0 Å². The molecule has 210 valence electrons. The van der Waals surface area contributed by atoms with Crippen molar-refractivity contribution in [2.75, 3.05) is 42.1 Å². The molecule has 0 radical (unpaired) electrons. The molecule has 0 atom stereocenters. The van der Waals surface area contributed by atoms with Crippen molar-refractivity contribution in [3.8, 4) is 0 Å². The Kier molecular flexibility index (Phi) is 8.70. The highest BCUT2D eigenvalue weighted by atomic mass is 35.5. The van der Waals surface area contributed by atoms with Crippen LogP contribution >= 0.6 is 22.9 Å². The number of Topliss-reactive ketones (excluding diaryl/α,β-unsaturated/α-hetero) is 1. The van der Waals surface area contributed by atoms with Gasteiger partial charge in [-0.05, 0) is 79.5 Å². The molecule has 2 amide bonds. The van der Waals surface area contributed by atoms with Crippen LogP contribution in [0.5, 0.6) is 0 Å². The van der Waals surface area contributed by atoms with Crippen molar-refractivity contribution in [3.05, 3.63) is 75.6 Å². The van der Waals surface area contributed by atoms with Gasteiger partial charge in [-0.15, -0.1) is 11.3 Å². The number of nitrogens with zero attached hydrogens (tertiary/aromatic N) is 2. The zero-order valence-electron chi connectivity index (χ0n) is 21.9. The summed E-state index contributed by atoms with van der Waals surface area (Å²) in [4.78, 5) is 42.3. The molecule has 3 aromatic rings. The molecule has 1 N–H and O–H groups in total. The standard InChI is InChI=1S/C29H30ClN3O5S2/c30-26-10-11-28(39-26)40(37,38)19-24(34)16-20-4-7-23(8-5-20)33-27(35)18-21-17-22(6-9-25(21)29(33)36)31-12-15-32-13-2-1-3-14-32/h4-11,17,31H,1-3,12-16,18-19H2. The number of anilines is 2. The van der Waals surface area contributed by atoms with E-state index in [1.165, 1.54) is 31.4 Å². The predicted molar refractivity (Wildman–Crippen MR) is 157 cm³/mol. The lowest BCUT2D eigenvalue weighted by Gasteiger charge is -2.28.